The van der Waals surface area contributed by atoms with Gasteiger partial charge in [0.05, 0.1) is 24.2 Å². The lowest BCUT2D eigenvalue weighted by Crippen LogP contribution is -2.23. The highest BCUT2D eigenvalue weighted by atomic mass is 79.9. The zero-order valence-corrected chi connectivity index (χ0v) is 12.0. The number of hydrogen-bond acceptors (Lipinski definition) is 3. The first kappa shape index (κ1) is 14.5. The van der Waals surface area contributed by atoms with E-state index in [9.17, 15) is 9.90 Å². The molecule has 0 saturated carbocycles. The first-order chi connectivity index (χ1) is 8.01. The van der Waals surface area contributed by atoms with Crippen LogP contribution in [0.1, 0.15) is 25.0 Å². The average Bonchev–Trinajstić information content (AvgIpc) is 2.33. The minimum atomic E-state index is -0.905. The van der Waals surface area contributed by atoms with E-state index in [4.69, 9.17) is 11.6 Å². The zero-order valence-electron chi connectivity index (χ0n) is 9.61. The maximum absolute atomic E-state index is 11.5. The van der Waals surface area contributed by atoms with Gasteiger partial charge in [-0.3, -0.25) is 4.79 Å². The first-order valence-corrected chi connectivity index (χ1v) is 6.39. The Morgan fingerprint density at radius 3 is 2.71 bits per heavy atom. The van der Waals surface area contributed by atoms with Crippen molar-refractivity contribution >= 4 is 33.5 Å². The van der Waals surface area contributed by atoms with Crippen molar-refractivity contribution in [3.63, 3.8) is 0 Å². The van der Waals surface area contributed by atoms with E-state index >= 15 is 0 Å². The highest BCUT2D eigenvalue weighted by Crippen LogP contribution is 2.30. The predicted octanol–water partition coefficient (Wildman–Crippen LogP) is 3.34. The third-order valence-electron chi connectivity index (χ3n) is 2.61. The summed E-state index contributed by atoms with van der Waals surface area (Å²) >= 11 is 9.22. The Balaban J connectivity index is 2.97. The van der Waals surface area contributed by atoms with Crippen LogP contribution in [0, 0.1) is 5.92 Å². The van der Waals surface area contributed by atoms with Crippen molar-refractivity contribution in [1.29, 1.82) is 0 Å². The van der Waals surface area contributed by atoms with E-state index in [-0.39, 0.29) is 0 Å². The van der Waals surface area contributed by atoms with Gasteiger partial charge in [-0.1, -0.05) is 24.6 Å². The molecule has 0 aliphatic carbocycles. The van der Waals surface area contributed by atoms with Gasteiger partial charge < -0.3 is 9.84 Å². The highest BCUT2D eigenvalue weighted by Gasteiger charge is 2.27. The summed E-state index contributed by atoms with van der Waals surface area (Å²) in [4.78, 5) is 11.5. The Hall–Kier alpha value is -0.580. The molecule has 1 aromatic rings. The van der Waals surface area contributed by atoms with Gasteiger partial charge in [0.1, 0.15) is 0 Å². The van der Waals surface area contributed by atoms with E-state index in [2.05, 4.69) is 20.7 Å². The van der Waals surface area contributed by atoms with Gasteiger partial charge in [0, 0.05) is 4.47 Å². The van der Waals surface area contributed by atoms with Crippen LogP contribution in [0.4, 0.5) is 0 Å². The maximum Gasteiger partial charge on any atom is 0.311 e. The molecule has 0 radical (unpaired) electrons. The van der Waals surface area contributed by atoms with Gasteiger partial charge in [0.2, 0.25) is 0 Å². The van der Waals surface area contributed by atoms with Crippen LogP contribution in [0.15, 0.2) is 22.7 Å². The van der Waals surface area contributed by atoms with Crippen LogP contribution < -0.4 is 0 Å². The molecule has 0 spiro atoms. The van der Waals surface area contributed by atoms with Gasteiger partial charge in [-0.2, -0.15) is 0 Å². The lowest BCUT2D eigenvalue weighted by Gasteiger charge is -2.19. The number of hydrogen-bond donors (Lipinski definition) is 1. The molecule has 0 heterocycles. The van der Waals surface area contributed by atoms with Crippen LogP contribution in [-0.2, 0) is 9.53 Å². The van der Waals surface area contributed by atoms with E-state index in [1.54, 1.807) is 18.2 Å². The summed E-state index contributed by atoms with van der Waals surface area (Å²) in [5, 5.41) is 10.6. The molecule has 0 aliphatic rings. The Labute approximate surface area is 114 Å². The standard InChI is InChI=1S/C12H14BrClO3/c1-3-8(12(16)17-2)11(15)7-4-5-9(13)10(14)6-7/h4-6,8,11,15H,3H2,1-2H3. The third-order valence-corrected chi connectivity index (χ3v) is 3.84. The van der Waals surface area contributed by atoms with Crippen molar-refractivity contribution < 1.29 is 14.6 Å². The monoisotopic (exact) mass is 320 g/mol. The number of carbonyl (C=O) groups excluding carboxylic acids is 1. The summed E-state index contributed by atoms with van der Waals surface area (Å²) in [6.07, 6.45) is -0.403. The Morgan fingerprint density at radius 1 is 1.59 bits per heavy atom. The van der Waals surface area contributed by atoms with E-state index in [0.717, 1.165) is 4.47 Å². The molecular formula is C12H14BrClO3. The number of rotatable bonds is 4. The van der Waals surface area contributed by atoms with Gasteiger partial charge in [0.15, 0.2) is 0 Å². The second-order valence-electron chi connectivity index (χ2n) is 3.66. The molecule has 0 aliphatic heterocycles. The molecule has 5 heteroatoms. The molecule has 3 nitrogen and oxygen atoms in total. The molecular weight excluding hydrogens is 307 g/mol. The molecule has 0 amide bonds. The molecule has 0 aromatic heterocycles. The van der Waals surface area contributed by atoms with Crippen molar-refractivity contribution in [3.05, 3.63) is 33.3 Å². The summed E-state index contributed by atoms with van der Waals surface area (Å²) in [5.41, 5.74) is 0.607. The molecule has 1 aromatic carbocycles. The number of carbonyl (C=O) groups is 1. The minimum Gasteiger partial charge on any atom is -0.469 e. The smallest absolute Gasteiger partial charge is 0.311 e. The van der Waals surface area contributed by atoms with Crippen LogP contribution in [-0.4, -0.2) is 18.2 Å². The largest absolute Gasteiger partial charge is 0.469 e. The van der Waals surface area contributed by atoms with Crippen molar-refractivity contribution in [2.75, 3.05) is 7.11 Å². The summed E-state index contributed by atoms with van der Waals surface area (Å²) in [6, 6.07) is 5.11. The van der Waals surface area contributed by atoms with Crippen molar-refractivity contribution in [1.82, 2.24) is 0 Å². The zero-order chi connectivity index (χ0) is 13.0. The van der Waals surface area contributed by atoms with Crippen LogP contribution >= 0.6 is 27.5 Å². The van der Waals surface area contributed by atoms with Crippen molar-refractivity contribution in [3.8, 4) is 0 Å². The highest BCUT2D eigenvalue weighted by molar-refractivity contribution is 9.10. The number of halogens is 2. The van der Waals surface area contributed by atoms with E-state index in [0.29, 0.717) is 17.0 Å². The van der Waals surface area contributed by atoms with Crippen LogP contribution in [0.5, 0.6) is 0 Å². The number of aliphatic hydroxyl groups is 1. The SMILES string of the molecule is CCC(C(=O)OC)C(O)c1ccc(Br)c(Cl)c1. The second kappa shape index (κ2) is 6.38. The van der Waals surface area contributed by atoms with Gasteiger partial charge >= 0.3 is 5.97 Å². The Kier molecular flexibility index (Phi) is 5.43. The molecule has 0 fully saturated rings. The number of ether oxygens (including phenoxy) is 1. The number of benzene rings is 1. The summed E-state index contributed by atoms with van der Waals surface area (Å²) in [6.45, 7) is 1.82. The molecule has 1 rings (SSSR count). The lowest BCUT2D eigenvalue weighted by atomic mass is 9.93. The van der Waals surface area contributed by atoms with Gasteiger partial charge in [-0.25, -0.2) is 0 Å². The van der Waals surface area contributed by atoms with Crippen molar-refractivity contribution in [2.24, 2.45) is 5.92 Å². The normalized spacial score (nSPS) is 14.2. The fraction of sp³-hybridized carbons (Fsp3) is 0.417. The second-order valence-corrected chi connectivity index (χ2v) is 4.92. The number of aliphatic hydroxyl groups excluding tert-OH is 1. The molecule has 94 valence electrons. The Bertz CT molecular complexity index is 409. The summed E-state index contributed by atoms with van der Waals surface area (Å²) < 4.78 is 5.41. The molecule has 2 unspecified atom stereocenters. The van der Waals surface area contributed by atoms with Crippen molar-refractivity contribution in [2.45, 2.75) is 19.4 Å². The van der Waals surface area contributed by atoms with E-state index < -0.39 is 18.0 Å². The summed E-state index contributed by atoms with van der Waals surface area (Å²) in [7, 11) is 1.31. The first-order valence-electron chi connectivity index (χ1n) is 5.22. The maximum atomic E-state index is 11.5. The van der Waals surface area contributed by atoms with E-state index in [1.165, 1.54) is 7.11 Å². The molecule has 17 heavy (non-hydrogen) atoms. The quantitative estimate of drug-likeness (QED) is 0.865. The number of methoxy groups -OCH3 is 1. The molecule has 0 bridgehead atoms. The third kappa shape index (κ3) is 3.44. The van der Waals surface area contributed by atoms with Gasteiger partial charge in [-0.05, 0) is 40.0 Å². The topological polar surface area (TPSA) is 46.5 Å². The minimum absolute atomic E-state index is 0.418. The van der Waals surface area contributed by atoms with Gasteiger partial charge in [0.25, 0.3) is 0 Å². The van der Waals surface area contributed by atoms with Crippen LogP contribution in [0.25, 0.3) is 0 Å². The predicted molar refractivity (Wildman–Crippen MR) is 69.9 cm³/mol. The fourth-order valence-electron chi connectivity index (χ4n) is 1.60. The van der Waals surface area contributed by atoms with E-state index in [1.807, 2.05) is 6.92 Å². The summed E-state index contributed by atoms with van der Waals surface area (Å²) in [5.74, 6) is -0.990. The average molecular weight is 322 g/mol. The number of esters is 1. The van der Waals surface area contributed by atoms with Crippen LogP contribution in [0.3, 0.4) is 0 Å². The van der Waals surface area contributed by atoms with Gasteiger partial charge in [-0.15, -0.1) is 0 Å². The molecule has 2 atom stereocenters. The molecule has 1 N–H and O–H groups in total. The fourth-order valence-corrected chi connectivity index (χ4v) is 2.03. The van der Waals surface area contributed by atoms with Crippen LogP contribution in [0.2, 0.25) is 5.02 Å². The lowest BCUT2D eigenvalue weighted by molar-refractivity contribution is -0.149. The Morgan fingerprint density at radius 2 is 2.24 bits per heavy atom. The molecule has 0 saturated heterocycles.